The predicted molar refractivity (Wildman–Crippen MR) is 56.4 cm³/mol. The Morgan fingerprint density at radius 2 is 1.69 bits per heavy atom. The number of hydrogen-bond donors (Lipinski definition) is 3. The number of thiocarbonyl (C=S) groups is 1. The lowest BCUT2D eigenvalue weighted by Crippen LogP contribution is -3.20. The Kier molecular flexibility index (Phi) is 3.01. The van der Waals surface area contributed by atoms with E-state index in [0.29, 0.717) is 0 Å². The third kappa shape index (κ3) is 2.31. The summed E-state index contributed by atoms with van der Waals surface area (Å²) in [6.07, 6.45) is 7.05. The molecule has 0 amide bonds. The van der Waals surface area contributed by atoms with Gasteiger partial charge in [-0.25, -0.2) is 0 Å². The van der Waals surface area contributed by atoms with Crippen molar-refractivity contribution >= 4 is 17.3 Å². The predicted octanol–water partition coefficient (Wildman–Crippen LogP) is -0.403. The van der Waals surface area contributed by atoms with E-state index in [9.17, 15) is 0 Å². The van der Waals surface area contributed by atoms with Gasteiger partial charge in [-0.15, -0.1) is 0 Å². The zero-order valence-electron chi connectivity index (χ0n) is 7.94. The second-order valence-corrected chi connectivity index (χ2v) is 4.44. The van der Waals surface area contributed by atoms with Gasteiger partial charge in [-0.3, -0.25) is 4.90 Å². The van der Waals surface area contributed by atoms with Crippen molar-refractivity contribution in [2.75, 3.05) is 13.3 Å². The first-order chi connectivity index (χ1) is 6.36. The van der Waals surface area contributed by atoms with Gasteiger partial charge in [0.25, 0.3) is 0 Å². The molecule has 0 atom stereocenters. The summed E-state index contributed by atoms with van der Waals surface area (Å²) >= 11 is 5.02. The van der Waals surface area contributed by atoms with E-state index in [2.05, 4.69) is 10.6 Å². The molecular formula is C9H18N3S+. The van der Waals surface area contributed by atoms with E-state index in [1.165, 1.54) is 32.1 Å². The third-order valence-electron chi connectivity index (χ3n) is 3.13. The first-order valence-corrected chi connectivity index (χ1v) is 5.63. The van der Waals surface area contributed by atoms with Crippen LogP contribution in [0.25, 0.3) is 0 Å². The average molecular weight is 200 g/mol. The third-order valence-corrected chi connectivity index (χ3v) is 3.42. The Hall–Kier alpha value is -0.350. The van der Waals surface area contributed by atoms with Crippen molar-refractivity contribution in [3.05, 3.63) is 0 Å². The molecule has 13 heavy (non-hydrogen) atoms. The van der Waals surface area contributed by atoms with Crippen molar-refractivity contribution in [3.63, 3.8) is 0 Å². The first-order valence-electron chi connectivity index (χ1n) is 5.22. The minimum atomic E-state index is 0.819. The minimum Gasteiger partial charge on any atom is -0.316 e. The summed E-state index contributed by atoms with van der Waals surface area (Å²) in [6.45, 7) is 2.02. The summed E-state index contributed by atoms with van der Waals surface area (Å²) in [6, 6.07) is 0.858. The molecule has 2 fully saturated rings. The van der Waals surface area contributed by atoms with Crippen LogP contribution in [0.5, 0.6) is 0 Å². The molecule has 3 nitrogen and oxygen atoms in total. The Balaban J connectivity index is 1.82. The fraction of sp³-hybridized carbons (Fsp3) is 0.889. The molecule has 1 aliphatic heterocycles. The van der Waals surface area contributed by atoms with Gasteiger partial charge in [0, 0.05) is 0 Å². The molecule has 3 N–H and O–H groups in total. The van der Waals surface area contributed by atoms with Gasteiger partial charge >= 0.3 is 0 Å². The Bertz CT molecular complexity index is 179. The van der Waals surface area contributed by atoms with Crippen LogP contribution in [0.3, 0.4) is 0 Å². The van der Waals surface area contributed by atoms with Crippen molar-refractivity contribution in [3.8, 4) is 0 Å². The molecule has 0 aromatic rings. The molecule has 0 aromatic carbocycles. The number of rotatable bonds is 1. The summed E-state index contributed by atoms with van der Waals surface area (Å²) < 4.78 is 0. The standard InChI is InChI=1S/C9H17N3S/c13-9-10-6-12(7-11-9)8-4-2-1-3-5-8/h8H,1-7H2,(H2,10,11,13)/p+1. The van der Waals surface area contributed by atoms with Gasteiger partial charge in [0.1, 0.15) is 0 Å². The van der Waals surface area contributed by atoms with E-state index in [-0.39, 0.29) is 0 Å². The van der Waals surface area contributed by atoms with Gasteiger partial charge in [0.05, 0.1) is 6.04 Å². The highest BCUT2D eigenvalue weighted by Crippen LogP contribution is 2.15. The van der Waals surface area contributed by atoms with Gasteiger partial charge in [-0.2, -0.15) is 0 Å². The Labute approximate surface area is 84.9 Å². The molecule has 1 aliphatic carbocycles. The molecule has 4 heteroatoms. The topological polar surface area (TPSA) is 28.5 Å². The van der Waals surface area contributed by atoms with Crippen LogP contribution in [0.4, 0.5) is 0 Å². The van der Waals surface area contributed by atoms with E-state index >= 15 is 0 Å². The van der Waals surface area contributed by atoms with Crippen LogP contribution in [-0.4, -0.2) is 24.5 Å². The molecule has 74 valence electrons. The Morgan fingerprint density at radius 3 is 2.31 bits per heavy atom. The van der Waals surface area contributed by atoms with Crippen molar-refractivity contribution in [2.24, 2.45) is 0 Å². The summed E-state index contributed by atoms with van der Waals surface area (Å²) in [5.74, 6) is 0. The first kappa shape index (κ1) is 9.21. The second kappa shape index (κ2) is 4.24. The fourth-order valence-corrected chi connectivity index (χ4v) is 2.46. The molecule has 0 aromatic heterocycles. The van der Waals surface area contributed by atoms with Gasteiger partial charge < -0.3 is 10.6 Å². The maximum Gasteiger partial charge on any atom is 0.174 e. The average Bonchev–Trinajstić information content (AvgIpc) is 2.20. The molecule has 1 heterocycles. The maximum atomic E-state index is 5.02. The summed E-state index contributed by atoms with van der Waals surface area (Å²) in [4.78, 5) is 1.63. The molecular weight excluding hydrogens is 182 g/mol. The molecule has 2 aliphatic rings. The fourth-order valence-electron chi connectivity index (χ4n) is 2.31. The lowest BCUT2D eigenvalue weighted by molar-refractivity contribution is -0.932. The number of nitrogens with one attached hydrogen (secondary N) is 3. The van der Waals surface area contributed by atoms with Crippen molar-refractivity contribution in [1.29, 1.82) is 0 Å². The zero-order chi connectivity index (χ0) is 9.10. The van der Waals surface area contributed by atoms with E-state index in [1.54, 1.807) is 4.90 Å². The SMILES string of the molecule is S=C1NC[NH+](C2CCCCC2)CN1. The highest BCUT2D eigenvalue weighted by Gasteiger charge is 2.26. The smallest absolute Gasteiger partial charge is 0.174 e. The summed E-state index contributed by atoms with van der Waals surface area (Å²) in [5, 5.41) is 7.24. The van der Waals surface area contributed by atoms with Gasteiger partial charge in [-0.05, 0) is 37.9 Å². The lowest BCUT2D eigenvalue weighted by Gasteiger charge is -2.34. The van der Waals surface area contributed by atoms with Crippen LogP contribution < -0.4 is 15.5 Å². The molecule has 1 saturated carbocycles. The van der Waals surface area contributed by atoms with E-state index in [1.807, 2.05) is 0 Å². The summed E-state index contributed by atoms with van der Waals surface area (Å²) in [5.41, 5.74) is 0. The largest absolute Gasteiger partial charge is 0.316 e. The second-order valence-electron chi connectivity index (χ2n) is 4.03. The molecule has 0 spiro atoms. The van der Waals surface area contributed by atoms with Crippen molar-refractivity contribution < 1.29 is 4.90 Å². The van der Waals surface area contributed by atoms with Gasteiger partial charge in [-0.1, -0.05) is 6.42 Å². The van der Waals surface area contributed by atoms with Crippen LogP contribution in [0.2, 0.25) is 0 Å². The Morgan fingerprint density at radius 1 is 1.08 bits per heavy atom. The minimum absolute atomic E-state index is 0.819. The number of hydrogen-bond acceptors (Lipinski definition) is 1. The van der Waals surface area contributed by atoms with Crippen molar-refractivity contribution in [2.45, 2.75) is 38.1 Å². The van der Waals surface area contributed by atoms with Crippen LogP contribution in [0.1, 0.15) is 32.1 Å². The van der Waals surface area contributed by atoms with Gasteiger partial charge in [0.15, 0.2) is 18.4 Å². The monoisotopic (exact) mass is 200 g/mol. The number of quaternary nitrogens is 1. The molecule has 1 saturated heterocycles. The maximum absolute atomic E-state index is 5.02. The van der Waals surface area contributed by atoms with Crippen LogP contribution in [-0.2, 0) is 0 Å². The quantitative estimate of drug-likeness (QED) is 0.503. The van der Waals surface area contributed by atoms with E-state index < -0.39 is 0 Å². The van der Waals surface area contributed by atoms with Crippen LogP contribution in [0, 0.1) is 0 Å². The highest BCUT2D eigenvalue weighted by molar-refractivity contribution is 7.80. The van der Waals surface area contributed by atoms with E-state index in [4.69, 9.17) is 12.2 Å². The lowest BCUT2D eigenvalue weighted by atomic mass is 9.94. The van der Waals surface area contributed by atoms with Gasteiger partial charge in [0.2, 0.25) is 0 Å². The van der Waals surface area contributed by atoms with Crippen molar-refractivity contribution in [1.82, 2.24) is 10.6 Å². The highest BCUT2D eigenvalue weighted by atomic mass is 32.1. The zero-order valence-corrected chi connectivity index (χ0v) is 8.75. The van der Waals surface area contributed by atoms with E-state index in [0.717, 1.165) is 24.5 Å². The van der Waals surface area contributed by atoms with Crippen LogP contribution >= 0.6 is 12.2 Å². The summed E-state index contributed by atoms with van der Waals surface area (Å²) in [7, 11) is 0. The van der Waals surface area contributed by atoms with Crippen LogP contribution in [0.15, 0.2) is 0 Å². The molecule has 2 rings (SSSR count). The normalized spacial score (nSPS) is 26.6. The molecule has 0 unspecified atom stereocenters. The molecule has 0 radical (unpaired) electrons. The molecule has 0 bridgehead atoms.